The molecule has 0 saturated heterocycles. The molecule has 3 aromatic carbocycles. The molecule has 0 spiro atoms. The Labute approximate surface area is 176 Å². The Morgan fingerprint density at radius 3 is 1.67 bits per heavy atom. The van der Waals surface area contributed by atoms with Gasteiger partial charge >= 0.3 is 11.9 Å². The molecular weight excluding hydrogens is 378 g/mol. The summed E-state index contributed by atoms with van der Waals surface area (Å²) in [6.45, 7) is 4.31. The average Bonchev–Trinajstić information content (AvgIpc) is 2.70. The Bertz CT molecular complexity index is 987. The van der Waals surface area contributed by atoms with Crippen molar-refractivity contribution in [3.63, 3.8) is 0 Å². The van der Waals surface area contributed by atoms with Gasteiger partial charge in [-0.2, -0.15) is 0 Å². The third kappa shape index (κ3) is 6.78. The molecule has 0 amide bonds. The minimum atomic E-state index is -1.31. The highest BCUT2D eigenvalue weighted by atomic mass is 16.4. The fourth-order valence-corrected chi connectivity index (χ4v) is 3.22. The van der Waals surface area contributed by atoms with Crippen LogP contribution in [0.4, 0.5) is 5.69 Å². The molecule has 3 aromatic rings. The first-order valence-corrected chi connectivity index (χ1v) is 9.66. The molecule has 0 unspecified atom stereocenters. The van der Waals surface area contributed by atoms with Crippen LogP contribution in [0.1, 0.15) is 39.8 Å². The lowest BCUT2D eigenvalue weighted by Crippen LogP contribution is -2.05. The quantitative estimate of drug-likeness (QED) is 0.411. The summed E-state index contributed by atoms with van der Waals surface area (Å²) >= 11 is 0. The molecule has 5 nitrogen and oxygen atoms in total. The number of rotatable bonds is 6. The van der Waals surface area contributed by atoms with Crippen molar-refractivity contribution in [3.05, 3.63) is 100 Å². The van der Waals surface area contributed by atoms with E-state index in [-0.39, 0.29) is 0 Å². The van der Waals surface area contributed by atoms with Crippen molar-refractivity contribution < 1.29 is 19.8 Å². The smallest absolute Gasteiger partial charge is 0.314 e. The molecule has 0 aliphatic rings. The summed E-state index contributed by atoms with van der Waals surface area (Å²) in [4.78, 5) is 18.9. The largest absolute Gasteiger partial charge is 0.481 e. The van der Waals surface area contributed by atoms with Crippen LogP contribution >= 0.6 is 0 Å². The van der Waals surface area contributed by atoms with Crippen molar-refractivity contribution in [2.45, 2.75) is 33.1 Å². The molecular formula is C25H27NO4. The van der Waals surface area contributed by atoms with Crippen LogP contribution < -0.4 is 5.73 Å². The van der Waals surface area contributed by atoms with Crippen LogP contribution in [-0.4, -0.2) is 22.2 Å². The molecule has 0 saturated carbocycles. The first-order valence-electron chi connectivity index (χ1n) is 9.66. The lowest BCUT2D eigenvalue weighted by Gasteiger charge is -2.17. The summed E-state index contributed by atoms with van der Waals surface area (Å²) in [7, 11) is 0. The first kappa shape index (κ1) is 22.7. The van der Waals surface area contributed by atoms with E-state index in [9.17, 15) is 9.59 Å². The van der Waals surface area contributed by atoms with Crippen molar-refractivity contribution >= 4 is 17.6 Å². The van der Waals surface area contributed by atoms with Crippen LogP contribution in [0.2, 0.25) is 0 Å². The summed E-state index contributed by atoms with van der Waals surface area (Å²) in [6.07, 6.45) is 1.07. The topological polar surface area (TPSA) is 101 Å². The number of hydrogen-bond donors (Lipinski definition) is 3. The maximum absolute atomic E-state index is 9.43. The van der Waals surface area contributed by atoms with Gasteiger partial charge in [-0.05, 0) is 66.1 Å². The number of carbonyl (C=O) groups is 2. The number of nitrogens with two attached hydrogens (primary N) is 1. The van der Waals surface area contributed by atoms with E-state index in [1.807, 2.05) is 0 Å². The summed E-state index contributed by atoms with van der Waals surface area (Å²) in [5.41, 5.74) is 15.1. The van der Waals surface area contributed by atoms with Crippen LogP contribution in [0.25, 0.3) is 0 Å². The second-order valence-electron chi connectivity index (χ2n) is 7.14. The second-order valence-corrected chi connectivity index (χ2v) is 7.14. The standard InChI is InChI=1S/C22H23N.C3H4O4/c1-16-17(2)22(23)15-20(13-18-9-5-3-6-10-18)21(16)14-19-11-7-4-8-12-19;4-2(5)1-3(6)7/h3-12,15H,13-14,23H2,1-2H3;1H2,(H,4,5)(H,6,7). The Morgan fingerprint density at radius 2 is 1.23 bits per heavy atom. The number of carboxylic acids is 2. The number of carboxylic acid groups (broad SMARTS) is 2. The van der Waals surface area contributed by atoms with E-state index in [0.29, 0.717) is 0 Å². The van der Waals surface area contributed by atoms with Crippen molar-refractivity contribution in [3.8, 4) is 0 Å². The van der Waals surface area contributed by atoms with Crippen molar-refractivity contribution in [1.29, 1.82) is 0 Å². The molecule has 0 aliphatic heterocycles. The van der Waals surface area contributed by atoms with Gasteiger partial charge in [-0.1, -0.05) is 60.7 Å². The minimum absolute atomic E-state index is 0.806. The molecule has 0 bridgehead atoms. The normalized spacial score (nSPS) is 10.1. The Kier molecular flexibility index (Phi) is 8.18. The molecule has 30 heavy (non-hydrogen) atoms. The maximum atomic E-state index is 9.43. The highest BCUT2D eigenvalue weighted by molar-refractivity contribution is 5.88. The van der Waals surface area contributed by atoms with Crippen LogP contribution in [-0.2, 0) is 22.4 Å². The van der Waals surface area contributed by atoms with Crippen LogP contribution in [0.5, 0.6) is 0 Å². The van der Waals surface area contributed by atoms with Crippen molar-refractivity contribution in [2.24, 2.45) is 0 Å². The van der Waals surface area contributed by atoms with E-state index in [4.69, 9.17) is 15.9 Å². The minimum Gasteiger partial charge on any atom is -0.481 e. The summed E-state index contributed by atoms with van der Waals surface area (Å²) in [5.74, 6) is -2.62. The predicted molar refractivity (Wildman–Crippen MR) is 119 cm³/mol. The van der Waals surface area contributed by atoms with Gasteiger partial charge in [0.05, 0.1) is 0 Å². The Balaban J connectivity index is 0.000000396. The third-order valence-electron chi connectivity index (χ3n) is 4.93. The van der Waals surface area contributed by atoms with Gasteiger partial charge in [-0.3, -0.25) is 9.59 Å². The highest BCUT2D eigenvalue weighted by Crippen LogP contribution is 2.28. The fraction of sp³-hybridized carbons (Fsp3) is 0.200. The van der Waals surface area contributed by atoms with Crippen molar-refractivity contribution in [2.75, 3.05) is 5.73 Å². The fourth-order valence-electron chi connectivity index (χ4n) is 3.22. The molecule has 0 aromatic heterocycles. The molecule has 5 heteroatoms. The van der Waals surface area contributed by atoms with E-state index < -0.39 is 18.4 Å². The molecule has 0 aliphatic carbocycles. The number of hydrogen-bond acceptors (Lipinski definition) is 3. The lowest BCUT2D eigenvalue weighted by atomic mass is 9.88. The average molecular weight is 405 g/mol. The number of benzene rings is 3. The third-order valence-corrected chi connectivity index (χ3v) is 4.93. The Morgan fingerprint density at radius 1 is 0.767 bits per heavy atom. The van der Waals surface area contributed by atoms with Gasteiger partial charge in [0, 0.05) is 5.69 Å². The van der Waals surface area contributed by atoms with E-state index in [1.54, 1.807) is 0 Å². The monoisotopic (exact) mass is 405 g/mol. The molecule has 156 valence electrons. The summed E-state index contributed by atoms with van der Waals surface area (Å²) in [5, 5.41) is 15.4. The lowest BCUT2D eigenvalue weighted by molar-refractivity contribution is -0.147. The molecule has 0 fully saturated rings. The molecule has 0 radical (unpaired) electrons. The van der Waals surface area contributed by atoms with Gasteiger partial charge in [0.25, 0.3) is 0 Å². The maximum Gasteiger partial charge on any atom is 0.314 e. The first-order chi connectivity index (χ1) is 14.3. The zero-order valence-corrected chi connectivity index (χ0v) is 17.3. The van der Waals surface area contributed by atoms with Crippen LogP contribution in [0.15, 0.2) is 66.7 Å². The molecule has 4 N–H and O–H groups in total. The van der Waals surface area contributed by atoms with Gasteiger partial charge in [0.1, 0.15) is 6.42 Å². The van der Waals surface area contributed by atoms with E-state index >= 15 is 0 Å². The summed E-state index contributed by atoms with van der Waals surface area (Å²) in [6, 6.07) is 23.4. The predicted octanol–water partition coefficient (Wildman–Crippen LogP) is 4.61. The molecule has 0 atom stereocenters. The van der Waals surface area contributed by atoms with Crippen LogP contribution in [0.3, 0.4) is 0 Å². The van der Waals surface area contributed by atoms with Crippen LogP contribution in [0, 0.1) is 13.8 Å². The highest BCUT2D eigenvalue weighted by Gasteiger charge is 2.12. The number of nitrogen functional groups attached to an aromatic ring is 1. The van der Waals surface area contributed by atoms with Gasteiger partial charge in [-0.25, -0.2) is 0 Å². The zero-order chi connectivity index (χ0) is 22.1. The zero-order valence-electron chi connectivity index (χ0n) is 17.3. The molecule has 3 rings (SSSR count). The van der Waals surface area contributed by atoms with E-state index in [2.05, 4.69) is 80.6 Å². The summed E-state index contributed by atoms with van der Waals surface area (Å²) < 4.78 is 0. The van der Waals surface area contributed by atoms with Gasteiger partial charge in [0.2, 0.25) is 0 Å². The SMILES string of the molecule is Cc1c(N)cc(Cc2ccccc2)c(Cc2ccccc2)c1C.O=C(O)CC(=O)O. The Hall–Kier alpha value is -3.60. The van der Waals surface area contributed by atoms with Gasteiger partial charge in [0.15, 0.2) is 0 Å². The van der Waals surface area contributed by atoms with Crippen molar-refractivity contribution in [1.82, 2.24) is 0 Å². The number of aliphatic carboxylic acids is 2. The van der Waals surface area contributed by atoms with Gasteiger partial charge < -0.3 is 15.9 Å². The van der Waals surface area contributed by atoms with E-state index in [1.165, 1.54) is 33.4 Å². The molecule has 0 heterocycles. The van der Waals surface area contributed by atoms with Gasteiger partial charge in [-0.15, -0.1) is 0 Å². The number of anilines is 1. The second kappa shape index (κ2) is 10.8. The van der Waals surface area contributed by atoms with E-state index in [0.717, 1.165) is 18.5 Å².